The molecule has 0 bridgehead atoms. The van der Waals surface area contributed by atoms with Crippen molar-refractivity contribution in [3.05, 3.63) is 22.2 Å². The highest BCUT2D eigenvalue weighted by molar-refractivity contribution is 5.96. The first-order valence-electron chi connectivity index (χ1n) is 5.60. The number of nitro groups is 1. The van der Waals surface area contributed by atoms with Gasteiger partial charge < -0.3 is 15.4 Å². The summed E-state index contributed by atoms with van der Waals surface area (Å²) < 4.78 is 5.14. The van der Waals surface area contributed by atoms with Crippen molar-refractivity contribution >= 4 is 23.0 Å². The van der Waals surface area contributed by atoms with Crippen LogP contribution < -0.4 is 15.4 Å². The summed E-state index contributed by atoms with van der Waals surface area (Å²) in [7, 11) is 0. The topological polar surface area (TPSA) is 93.5 Å². The van der Waals surface area contributed by atoms with Gasteiger partial charge in [0.15, 0.2) is 12.4 Å². The van der Waals surface area contributed by atoms with E-state index in [-0.39, 0.29) is 18.2 Å². The number of nitrogens with one attached hydrogen (secondary N) is 2. The van der Waals surface area contributed by atoms with Crippen molar-refractivity contribution in [3.63, 3.8) is 0 Å². The quantitative estimate of drug-likeness (QED) is 0.628. The molecule has 1 heterocycles. The summed E-state index contributed by atoms with van der Waals surface area (Å²) in [5.74, 6) is 0.0566. The number of ether oxygens (including phenoxy) is 1. The summed E-state index contributed by atoms with van der Waals surface area (Å²) in [6.07, 6.45) is 0.844. The van der Waals surface area contributed by atoms with Gasteiger partial charge in [0.2, 0.25) is 0 Å². The number of rotatable bonds is 4. The van der Waals surface area contributed by atoms with E-state index >= 15 is 0 Å². The Morgan fingerprint density at radius 1 is 1.56 bits per heavy atom. The number of hydrogen-bond acceptors (Lipinski definition) is 5. The molecule has 2 N–H and O–H groups in total. The van der Waals surface area contributed by atoms with Crippen molar-refractivity contribution in [2.45, 2.75) is 13.3 Å². The summed E-state index contributed by atoms with van der Waals surface area (Å²) in [6.45, 7) is 2.46. The third kappa shape index (κ3) is 2.34. The van der Waals surface area contributed by atoms with Gasteiger partial charge >= 0.3 is 0 Å². The second kappa shape index (κ2) is 4.91. The minimum absolute atomic E-state index is 0.0571. The number of hydrogen-bond donors (Lipinski definition) is 2. The fourth-order valence-corrected chi connectivity index (χ4v) is 1.67. The van der Waals surface area contributed by atoms with E-state index in [9.17, 15) is 14.9 Å². The molecule has 1 aromatic carbocycles. The van der Waals surface area contributed by atoms with E-state index in [0.29, 0.717) is 23.7 Å². The molecule has 7 nitrogen and oxygen atoms in total. The van der Waals surface area contributed by atoms with Crippen LogP contribution in [0.25, 0.3) is 0 Å². The minimum Gasteiger partial charge on any atom is -0.481 e. The monoisotopic (exact) mass is 251 g/mol. The van der Waals surface area contributed by atoms with Crippen molar-refractivity contribution in [3.8, 4) is 5.75 Å². The molecule has 0 unspecified atom stereocenters. The summed E-state index contributed by atoms with van der Waals surface area (Å²) in [4.78, 5) is 21.7. The van der Waals surface area contributed by atoms with Crippen LogP contribution in [0.15, 0.2) is 12.1 Å². The maximum atomic E-state index is 11.2. The zero-order valence-corrected chi connectivity index (χ0v) is 9.86. The maximum Gasteiger partial charge on any atom is 0.296 e. The molecule has 0 saturated carbocycles. The molecule has 2 rings (SSSR count). The standard InChI is InChI=1S/C11H13N3O4/c1-2-3-12-7-4-8-10(5-9(7)14(16)17)18-6-11(15)13-8/h4-5,12H,2-3,6H2,1H3,(H,13,15). The summed E-state index contributed by atoms with van der Waals surface area (Å²) in [6, 6.07) is 2.85. The van der Waals surface area contributed by atoms with Gasteiger partial charge in [-0.3, -0.25) is 14.9 Å². The molecule has 1 amide bonds. The predicted molar refractivity (Wildman–Crippen MR) is 66.0 cm³/mol. The van der Waals surface area contributed by atoms with E-state index in [1.54, 1.807) is 0 Å². The van der Waals surface area contributed by atoms with Crippen LogP contribution in [0.1, 0.15) is 13.3 Å². The van der Waals surface area contributed by atoms with Crippen molar-refractivity contribution in [2.24, 2.45) is 0 Å². The lowest BCUT2D eigenvalue weighted by molar-refractivity contribution is -0.384. The Hall–Kier alpha value is -2.31. The normalized spacial score (nSPS) is 13.3. The highest BCUT2D eigenvalue weighted by Crippen LogP contribution is 2.37. The first kappa shape index (κ1) is 12.2. The first-order valence-corrected chi connectivity index (χ1v) is 5.60. The largest absolute Gasteiger partial charge is 0.481 e. The Labute approximate surface area is 103 Å². The molecule has 1 aliphatic heterocycles. The van der Waals surface area contributed by atoms with E-state index in [0.717, 1.165) is 6.42 Å². The van der Waals surface area contributed by atoms with Crippen LogP contribution in [0.2, 0.25) is 0 Å². The lowest BCUT2D eigenvalue weighted by Crippen LogP contribution is -2.25. The van der Waals surface area contributed by atoms with Crippen LogP contribution in [0.4, 0.5) is 17.1 Å². The molecule has 0 fully saturated rings. The Balaban J connectivity index is 2.40. The molecule has 1 aliphatic rings. The second-order valence-corrected chi connectivity index (χ2v) is 3.89. The summed E-state index contributed by atoms with van der Waals surface area (Å²) in [5, 5.41) is 16.5. The van der Waals surface area contributed by atoms with Gasteiger partial charge in [-0.2, -0.15) is 0 Å². The Bertz CT molecular complexity index is 501. The average Bonchev–Trinajstić information content (AvgIpc) is 2.34. The lowest BCUT2D eigenvalue weighted by Gasteiger charge is -2.19. The number of carbonyl (C=O) groups excluding carboxylic acids is 1. The fraction of sp³-hybridized carbons (Fsp3) is 0.364. The molecule has 96 valence electrons. The third-order valence-electron chi connectivity index (χ3n) is 2.49. The van der Waals surface area contributed by atoms with Gasteiger partial charge in [0.25, 0.3) is 11.6 Å². The average molecular weight is 251 g/mol. The van der Waals surface area contributed by atoms with Gasteiger partial charge in [-0.05, 0) is 12.5 Å². The molecule has 0 saturated heterocycles. The predicted octanol–water partition coefficient (Wildman–Crippen LogP) is 1.75. The van der Waals surface area contributed by atoms with Crippen LogP contribution >= 0.6 is 0 Å². The zero-order valence-electron chi connectivity index (χ0n) is 9.86. The number of anilines is 2. The van der Waals surface area contributed by atoms with Gasteiger partial charge in [-0.15, -0.1) is 0 Å². The van der Waals surface area contributed by atoms with Crippen LogP contribution in [0.5, 0.6) is 5.75 Å². The molecule has 7 heteroatoms. The van der Waals surface area contributed by atoms with E-state index < -0.39 is 4.92 Å². The smallest absolute Gasteiger partial charge is 0.296 e. The molecule has 0 spiro atoms. The van der Waals surface area contributed by atoms with Crippen molar-refractivity contribution in [2.75, 3.05) is 23.8 Å². The molecule has 0 aliphatic carbocycles. The van der Waals surface area contributed by atoms with Crippen molar-refractivity contribution < 1.29 is 14.5 Å². The Morgan fingerprint density at radius 2 is 2.33 bits per heavy atom. The highest BCUT2D eigenvalue weighted by atomic mass is 16.6. The summed E-state index contributed by atoms with van der Waals surface area (Å²) in [5.41, 5.74) is 0.778. The first-order chi connectivity index (χ1) is 8.61. The fourth-order valence-electron chi connectivity index (χ4n) is 1.67. The van der Waals surface area contributed by atoms with Crippen molar-refractivity contribution in [1.29, 1.82) is 0 Å². The number of carbonyl (C=O) groups is 1. The Kier molecular flexibility index (Phi) is 3.31. The number of fused-ring (bicyclic) bond motifs is 1. The van der Waals surface area contributed by atoms with Crippen LogP contribution in [0.3, 0.4) is 0 Å². The summed E-state index contributed by atoms with van der Waals surface area (Å²) >= 11 is 0. The van der Waals surface area contributed by atoms with E-state index in [1.807, 2.05) is 6.92 Å². The molecule has 18 heavy (non-hydrogen) atoms. The number of amides is 1. The molecule has 0 aromatic heterocycles. The van der Waals surface area contributed by atoms with Gasteiger partial charge in [-0.25, -0.2) is 0 Å². The number of benzene rings is 1. The minimum atomic E-state index is -0.474. The van der Waals surface area contributed by atoms with Gasteiger partial charge in [-0.1, -0.05) is 6.92 Å². The maximum absolute atomic E-state index is 11.2. The SMILES string of the molecule is CCCNc1cc2c(cc1[N+](=O)[O-])OCC(=O)N2. The third-order valence-corrected chi connectivity index (χ3v) is 2.49. The molecule has 0 radical (unpaired) electrons. The van der Waals surface area contributed by atoms with E-state index in [2.05, 4.69) is 10.6 Å². The number of nitro benzene ring substituents is 1. The second-order valence-electron chi connectivity index (χ2n) is 3.89. The van der Waals surface area contributed by atoms with Crippen molar-refractivity contribution in [1.82, 2.24) is 0 Å². The van der Waals surface area contributed by atoms with Crippen LogP contribution in [-0.2, 0) is 4.79 Å². The van der Waals surface area contributed by atoms with Gasteiger partial charge in [0.05, 0.1) is 16.7 Å². The lowest BCUT2D eigenvalue weighted by atomic mass is 10.2. The molecular formula is C11H13N3O4. The van der Waals surface area contributed by atoms with Crippen LogP contribution in [-0.4, -0.2) is 24.0 Å². The molecule has 1 aromatic rings. The molecule has 0 atom stereocenters. The van der Waals surface area contributed by atoms with Gasteiger partial charge in [0.1, 0.15) is 5.69 Å². The van der Waals surface area contributed by atoms with Gasteiger partial charge in [0, 0.05) is 6.54 Å². The zero-order chi connectivity index (χ0) is 13.1. The van der Waals surface area contributed by atoms with E-state index in [4.69, 9.17) is 4.74 Å². The number of nitrogens with zero attached hydrogens (tertiary/aromatic N) is 1. The highest BCUT2D eigenvalue weighted by Gasteiger charge is 2.23. The molecular weight excluding hydrogens is 238 g/mol. The van der Waals surface area contributed by atoms with Crippen LogP contribution in [0, 0.1) is 10.1 Å². The van der Waals surface area contributed by atoms with E-state index in [1.165, 1.54) is 12.1 Å². The Morgan fingerprint density at radius 3 is 3.00 bits per heavy atom.